The van der Waals surface area contributed by atoms with Gasteiger partial charge in [0.25, 0.3) is 0 Å². The molecule has 4 rings (SSSR count). The number of carbonyl (C=O) groups is 1. The standard InChI is InChI=1S/C21H31N3O/c25-20(19-7-3-12-22-19)23-13-4-14-24-15-10-21(11-16-24)9-8-17-5-1-2-6-18(17)21/h1-2,5-6,19,22H,3-4,7-16H2,(H,23,25)/t19-/m1/s1. The molecule has 4 nitrogen and oxygen atoms in total. The number of fused-ring (bicyclic) bond motifs is 2. The van der Waals surface area contributed by atoms with Crippen molar-refractivity contribution in [3.63, 3.8) is 0 Å². The second kappa shape index (κ2) is 7.46. The van der Waals surface area contributed by atoms with E-state index in [1.54, 1.807) is 11.1 Å². The van der Waals surface area contributed by atoms with Gasteiger partial charge in [-0.05, 0) is 87.7 Å². The van der Waals surface area contributed by atoms with E-state index >= 15 is 0 Å². The van der Waals surface area contributed by atoms with Crippen LogP contribution in [0.1, 0.15) is 49.7 Å². The Morgan fingerprint density at radius 1 is 1.24 bits per heavy atom. The van der Waals surface area contributed by atoms with Crippen molar-refractivity contribution in [2.75, 3.05) is 32.7 Å². The topological polar surface area (TPSA) is 44.4 Å². The smallest absolute Gasteiger partial charge is 0.237 e. The highest BCUT2D eigenvalue weighted by Gasteiger charge is 2.40. The minimum atomic E-state index is 0.0530. The summed E-state index contributed by atoms with van der Waals surface area (Å²) in [7, 11) is 0. The summed E-state index contributed by atoms with van der Waals surface area (Å²) in [6, 6.07) is 9.13. The average molecular weight is 341 g/mol. The molecule has 25 heavy (non-hydrogen) atoms. The van der Waals surface area contributed by atoms with E-state index in [2.05, 4.69) is 39.8 Å². The van der Waals surface area contributed by atoms with Gasteiger partial charge in [0.15, 0.2) is 0 Å². The molecule has 3 aliphatic rings. The van der Waals surface area contributed by atoms with Crippen molar-refractivity contribution in [2.24, 2.45) is 0 Å². The van der Waals surface area contributed by atoms with Gasteiger partial charge >= 0.3 is 0 Å². The molecule has 2 fully saturated rings. The lowest BCUT2D eigenvalue weighted by Crippen LogP contribution is -2.43. The number of carbonyl (C=O) groups excluding carboxylic acids is 1. The van der Waals surface area contributed by atoms with Crippen LogP contribution in [0.4, 0.5) is 0 Å². The Bertz CT molecular complexity index is 601. The van der Waals surface area contributed by atoms with Gasteiger partial charge in [0.2, 0.25) is 5.91 Å². The van der Waals surface area contributed by atoms with E-state index in [1.807, 2.05) is 0 Å². The van der Waals surface area contributed by atoms with Crippen LogP contribution in [0.15, 0.2) is 24.3 Å². The second-order valence-electron chi connectivity index (χ2n) is 8.07. The van der Waals surface area contributed by atoms with Gasteiger partial charge in [-0.2, -0.15) is 0 Å². The highest BCUT2D eigenvalue weighted by atomic mass is 16.2. The summed E-state index contributed by atoms with van der Waals surface area (Å²) < 4.78 is 0. The van der Waals surface area contributed by atoms with Gasteiger partial charge in [0.1, 0.15) is 0 Å². The van der Waals surface area contributed by atoms with Crippen LogP contribution < -0.4 is 10.6 Å². The van der Waals surface area contributed by atoms with E-state index in [9.17, 15) is 4.79 Å². The van der Waals surface area contributed by atoms with Gasteiger partial charge < -0.3 is 15.5 Å². The van der Waals surface area contributed by atoms with Crippen LogP contribution >= 0.6 is 0 Å². The molecule has 1 amide bonds. The molecule has 2 aliphatic heterocycles. The lowest BCUT2D eigenvalue weighted by molar-refractivity contribution is -0.122. The summed E-state index contributed by atoms with van der Waals surface area (Å²) in [5.41, 5.74) is 3.67. The molecular formula is C21H31N3O. The molecule has 0 bridgehead atoms. The minimum Gasteiger partial charge on any atom is -0.355 e. The molecule has 2 N–H and O–H groups in total. The van der Waals surface area contributed by atoms with Crippen molar-refractivity contribution in [1.29, 1.82) is 0 Å². The third-order valence-electron chi connectivity index (χ3n) is 6.60. The monoisotopic (exact) mass is 341 g/mol. The van der Waals surface area contributed by atoms with Crippen LogP contribution in [-0.2, 0) is 16.6 Å². The SMILES string of the molecule is O=C(NCCCN1CCC2(CCc3ccccc32)CC1)[C@H]1CCCN1. The first-order valence-electron chi connectivity index (χ1n) is 10.1. The molecule has 1 aromatic carbocycles. The van der Waals surface area contributed by atoms with E-state index in [4.69, 9.17) is 0 Å². The van der Waals surface area contributed by atoms with Gasteiger partial charge in [0.05, 0.1) is 6.04 Å². The number of aryl methyl sites for hydroxylation is 1. The zero-order chi connectivity index (χ0) is 17.1. The van der Waals surface area contributed by atoms with Crippen molar-refractivity contribution >= 4 is 5.91 Å². The summed E-state index contributed by atoms with van der Waals surface area (Å²) >= 11 is 0. The zero-order valence-electron chi connectivity index (χ0n) is 15.2. The zero-order valence-corrected chi connectivity index (χ0v) is 15.2. The molecule has 1 spiro atoms. The Hall–Kier alpha value is -1.39. The Morgan fingerprint density at radius 3 is 2.88 bits per heavy atom. The molecule has 0 radical (unpaired) electrons. The van der Waals surface area contributed by atoms with Crippen molar-refractivity contribution in [3.05, 3.63) is 35.4 Å². The third kappa shape index (κ3) is 3.61. The Balaban J connectivity index is 1.19. The number of amides is 1. The van der Waals surface area contributed by atoms with Gasteiger partial charge in [-0.15, -0.1) is 0 Å². The van der Waals surface area contributed by atoms with Gasteiger partial charge in [-0.3, -0.25) is 4.79 Å². The van der Waals surface area contributed by atoms with Crippen LogP contribution in [0.5, 0.6) is 0 Å². The quantitative estimate of drug-likeness (QED) is 0.807. The fraction of sp³-hybridized carbons (Fsp3) is 0.667. The molecule has 4 heteroatoms. The van der Waals surface area contributed by atoms with Crippen molar-refractivity contribution in [3.8, 4) is 0 Å². The average Bonchev–Trinajstić information content (AvgIpc) is 3.30. The fourth-order valence-electron chi connectivity index (χ4n) is 5.03. The van der Waals surface area contributed by atoms with Crippen LogP contribution in [0, 0.1) is 0 Å². The molecule has 0 aromatic heterocycles. The van der Waals surface area contributed by atoms with Crippen LogP contribution in [0.3, 0.4) is 0 Å². The lowest BCUT2D eigenvalue weighted by atomic mass is 9.74. The number of likely N-dealkylation sites (tertiary alicyclic amines) is 1. The molecule has 1 aromatic rings. The fourth-order valence-corrected chi connectivity index (χ4v) is 5.03. The summed E-state index contributed by atoms with van der Waals surface area (Å²) in [4.78, 5) is 14.6. The summed E-state index contributed by atoms with van der Waals surface area (Å²) in [6.07, 6.45) is 8.35. The first kappa shape index (κ1) is 17.0. The molecule has 0 saturated carbocycles. The maximum absolute atomic E-state index is 12.0. The number of benzene rings is 1. The Kier molecular flexibility index (Phi) is 5.09. The Morgan fingerprint density at radius 2 is 2.08 bits per heavy atom. The summed E-state index contributed by atoms with van der Waals surface area (Å²) in [6.45, 7) is 5.30. The minimum absolute atomic E-state index is 0.0530. The number of hydrogen-bond donors (Lipinski definition) is 2. The summed E-state index contributed by atoms with van der Waals surface area (Å²) in [5.74, 6) is 0.192. The number of piperidine rings is 1. The first-order valence-corrected chi connectivity index (χ1v) is 10.1. The largest absolute Gasteiger partial charge is 0.355 e. The molecule has 2 saturated heterocycles. The van der Waals surface area contributed by atoms with Gasteiger partial charge in [-0.25, -0.2) is 0 Å². The van der Waals surface area contributed by atoms with E-state index in [-0.39, 0.29) is 11.9 Å². The van der Waals surface area contributed by atoms with E-state index in [1.165, 1.54) is 38.8 Å². The van der Waals surface area contributed by atoms with Crippen molar-refractivity contribution < 1.29 is 4.79 Å². The van der Waals surface area contributed by atoms with Gasteiger partial charge in [-0.1, -0.05) is 24.3 Å². The van der Waals surface area contributed by atoms with Crippen molar-refractivity contribution in [2.45, 2.75) is 56.4 Å². The van der Waals surface area contributed by atoms with E-state index in [0.29, 0.717) is 5.41 Å². The van der Waals surface area contributed by atoms with E-state index < -0.39 is 0 Å². The predicted octanol–water partition coefficient (Wildman–Crippen LogP) is 2.22. The maximum Gasteiger partial charge on any atom is 0.237 e. The van der Waals surface area contributed by atoms with Crippen molar-refractivity contribution in [1.82, 2.24) is 15.5 Å². The highest BCUT2D eigenvalue weighted by molar-refractivity contribution is 5.81. The van der Waals surface area contributed by atoms with Gasteiger partial charge in [0, 0.05) is 6.54 Å². The molecule has 0 unspecified atom stereocenters. The third-order valence-corrected chi connectivity index (χ3v) is 6.60. The number of hydrogen-bond acceptors (Lipinski definition) is 3. The molecule has 1 aliphatic carbocycles. The highest BCUT2D eigenvalue weighted by Crippen LogP contribution is 2.46. The second-order valence-corrected chi connectivity index (χ2v) is 8.07. The van der Waals surface area contributed by atoms with Crippen LogP contribution in [0.2, 0.25) is 0 Å². The number of nitrogens with one attached hydrogen (secondary N) is 2. The molecule has 136 valence electrons. The molecular weight excluding hydrogens is 310 g/mol. The molecule has 1 atom stereocenters. The summed E-state index contributed by atoms with van der Waals surface area (Å²) in [5, 5.41) is 6.36. The number of rotatable bonds is 5. The van der Waals surface area contributed by atoms with Crippen LogP contribution in [0.25, 0.3) is 0 Å². The maximum atomic E-state index is 12.0. The normalized spacial score (nSPS) is 25.2. The molecule has 2 heterocycles. The number of nitrogens with zero attached hydrogens (tertiary/aromatic N) is 1. The Labute approximate surface area is 151 Å². The van der Waals surface area contributed by atoms with E-state index in [0.717, 1.165) is 38.9 Å². The lowest BCUT2D eigenvalue weighted by Gasteiger charge is -2.40. The predicted molar refractivity (Wildman–Crippen MR) is 101 cm³/mol. The first-order chi connectivity index (χ1) is 12.3. The van der Waals surface area contributed by atoms with Crippen LogP contribution in [-0.4, -0.2) is 49.6 Å².